The molecule has 0 aliphatic carbocycles. The van der Waals surface area contributed by atoms with Crippen molar-refractivity contribution in [3.05, 3.63) is 28.5 Å². The molecule has 0 aliphatic heterocycles. The topological polar surface area (TPSA) is 99.5 Å². The molecule has 1 rings (SSSR count). The number of nitrogens with zero attached hydrogens (tertiary/aromatic N) is 1. The number of nitrogens with one attached hydrogen (secondary N) is 1. The number of aromatic nitrogens is 1. The van der Waals surface area contributed by atoms with Gasteiger partial charge in [-0.15, -0.1) is 0 Å². The zero-order chi connectivity index (χ0) is 12.8. The minimum absolute atomic E-state index is 0.0427. The van der Waals surface area contributed by atoms with Crippen LogP contribution in [-0.2, 0) is 4.79 Å². The third-order valence-corrected chi connectivity index (χ3v) is 2.62. The molecule has 1 amide bonds. The number of carboxylic acid groups (broad SMARTS) is 1. The third-order valence-electron chi connectivity index (χ3n) is 1.99. The maximum atomic E-state index is 11.6. The molecule has 1 heterocycles. The Hall–Kier alpha value is -1.47. The van der Waals surface area contributed by atoms with Crippen molar-refractivity contribution >= 4 is 27.8 Å². The highest BCUT2D eigenvalue weighted by Crippen LogP contribution is 2.11. The second-order valence-electron chi connectivity index (χ2n) is 3.24. The number of aliphatic carboxylic acids is 1. The van der Waals surface area contributed by atoms with Crippen molar-refractivity contribution in [2.75, 3.05) is 6.54 Å². The van der Waals surface area contributed by atoms with Crippen LogP contribution in [0, 0.1) is 0 Å². The molecule has 3 N–H and O–H groups in total. The normalized spacial score (nSPS) is 11.9. The first-order valence-electron chi connectivity index (χ1n) is 4.82. The summed E-state index contributed by atoms with van der Waals surface area (Å²) in [4.78, 5) is 25.8. The number of halogens is 1. The predicted octanol–water partition coefficient (Wildman–Crippen LogP) is 0.409. The lowest BCUT2D eigenvalue weighted by molar-refractivity contribution is -0.146. The lowest BCUT2D eigenvalue weighted by Crippen LogP contribution is -2.30. The Morgan fingerprint density at radius 2 is 2.24 bits per heavy atom. The van der Waals surface area contributed by atoms with E-state index in [-0.39, 0.29) is 18.9 Å². The molecule has 1 aromatic heterocycles. The number of carboxylic acids is 1. The summed E-state index contributed by atoms with van der Waals surface area (Å²) in [5.41, 5.74) is 0.359. The van der Waals surface area contributed by atoms with Crippen LogP contribution in [0.25, 0.3) is 0 Å². The van der Waals surface area contributed by atoms with Gasteiger partial charge in [-0.1, -0.05) is 0 Å². The zero-order valence-corrected chi connectivity index (χ0v) is 10.3. The molecule has 1 aromatic rings. The Morgan fingerprint density at radius 3 is 2.82 bits per heavy atom. The zero-order valence-electron chi connectivity index (χ0n) is 8.76. The molecule has 7 heteroatoms. The number of rotatable bonds is 5. The number of carbonyl (C=O) groups excluding carboxylic acids is 1. The number of carbonyl (C=O) groups is 2. The molecule has 0 bridgehead atoms. The Bertz CT molecular complexity index is 425. The van der Waals surface area contributed by atoms with Gasteiger partial charge in [0.25, 0.3) is 5.91 Å². The van der Waals surface area contributed by atoms with Gasteiger partial charge < -0.3 is 15.5 Å². The van der Waals surface area contributed by atoms with Crippen molar-refractivity contribution in [2.24, 2.45) is 0 Å². The van der Waals surface area contributed by atoms with E-state index in [9.17, 15) is 9.59 Å². The van der Waals surface area contributed by atoms with E-state index in [2.05, 4.69) is 26.2 Å². The number of pyridine rings is 1. The van der Waals surface area contributed by atoms with Crippen LogP contribution in [0.4, 0.5) is 0 Å². The van der Waals surface area contributed by atoms with Gasteiger partial charge in [-0.3, -0.25) is 4.79 Å². The first kappa shape index (κ1) is 13.6. The van der Waals surface area contributed by atoms with E-state index in [0.717, 1.165) is 0 Å². The van der Waals surface area contributed by atoms with Gasteiger partial charge in [0.15, 0.2) is 6.10 Å². The van der Waals surface area contributed by atoms with Crippen LogP contribution in [0.2, 0.25) is 0 Å². The van der Waals surface area contributed by atoms with Gasteiger partial charge in [0.05, 0.1) is 5.56 Å². The molecule has 0 fully saturated rings. The van der Waals surface area contributed by atoms with E-state index < -0.39 is 12.1 Å². The molecule has 0 aromatic carbocycles. The Morgan fingerprint density at radius 1 is 1.53 bits per heavy atom. The minimum Gasteiger partial charge on any atom is -0.479 e. The summed E-state index contributed by atoms with van der Waals surface area (Å²) in [6.45, 7) is 0.0770. The highest BCUT2D eigenvalue weighted by Gasteiger charge is 2.14. The smallest absolute Gasteiger partial charge is 0.332 e. The van der Waals surface area contributed by atoms with E-state index in [0.29, 0.717) is 10.2 Å². The summed E-state index contributed by atoms with van der Waals surface area (Å²) < 4.78 is 0.413. The van der Waals surface area contributed by atoms with Crippen LogP contribution in [0.5, 0.6) is 0 Å². The second-order valence-corrected chi connectivity index (χ2v) is 3.99. The molecule has 1 atom stereocenters. The lowest BCUT2D eigenvalue weighted by Gasteiger charge is -2.07. The average molecular weight is 303 g/mol. The maximum Gasteiger partial charge on any atom is 0.332 e. The second kappa shape index (κ2) is 6.31. The lowest BCUT2D eigenvalue weighted by atomic mass is 10.2. The predicted molar refractivity (Wildman–Crippen MR) is 62.5 cm³/mol. The molecule has 0 aliphatic rings. The summed E-state index contributed by atoms with van der Waals surface area (Å²) in [5.74, 6) is -1.68. The summed E-state index contributed by atoms with van der Waals surface area (Å²) in [7, 11) is 0. The van der Waals surface area contributed by atoms with Crippen LogP contribution in [0.15, 0.2) is 22.9 Å². The molecule has 17 heavy (non-hydrogen) atoms. The van der Waals surface area contributed by atoms with Crippen molar-refractivity contribution < 1.29 is 19.8 Å². The molecule has 0 saturated heterocycles. The third kappa shape index (κ3) is 4.12. The summed E-state index contributed by atoms with van der Waals surface area (Å²) in [5, 5.41) is 19.9. The summed E-state index contributed by atoms with van der Waals surface area (Å²) >= 11 is 3.13. The van der Waals surface area contributed by atoms with Crippen molar-refractivity contribution in [2.45, 2.75) is 12.5 Å². The fourth-order valence-corrected chi connectivity index (χ4v) is 1.53. The first-order valence-corrected chi connectivity index (χ1v) is 5.61. The molecule has 92 valence electrons. The summed E-state index contributed by atoms with van der Waals surface area (Å²) in [6, 6.07) is 3.20. The standard InChI is InChI=1S/C10H11BrN2O4/c11-8-6(2-1-4-12-8)9(15)13-5-3-7(14)10(16)17/h1-2,4,7,14H,3,5H2,(H,13,15)(H,16,17). The molecular weight excluding hydrogens is 292 g/mol. The van der Waals surface area contributed by atoms with Gasteiger partial charge in [0.1, 0.15) is 4.60 Å². The van der Waals surface area contributed by atoms with E-state index in [4.69, 9.17) is 10.2 Å². The summed E-state index contributed by atoms with van der Waals surface area (Å²) in [6.07, 6.45) is 0.0289. The van der Waals surface area contributed by atoms with Gasteiger partial charge in [-0.05, 0) is 28.1 Å². The van der Waals surface area contributed by atoms with Crippen molar-refractivity contribution in [3.8, 4) is 0 Å². The number of hydrogen-bond donors (Lipinski definition) is 3. The molecular formula is C10H11BrN2O4. The number of aliphatic hydroxyl groups is 1. The first-order chi connectivity index (χ1) is 8.02. The van der Waals surface area contributed by atoms with Crippen LogP contribution < -0.4 is 5.32 Å². The number of hydrogen-bond acceptors (Lipinski definition) is 4. The highest BCUT2D eigenvalue weighted by molar-refractivity contribution is 9.10. The van der Waals surface area contributed by atoms with Gasteiger partial charge in [-0.25, -0.2) is 9.78 Å². The Kier molecular flexibility index (Phi) is 5.05. The maximum absolute atomic E-state index is 11.6. The van der Waals surface area contributed by atoms with Crippen molar-refractivity contribution in [1.29, 1.82) is 0 Å². The van der Waals surface area contributed by atoms with Crippen LogP contribution in [-0.4, -0.2) is 39.7 Å². The molecule has 0 radical (unpaired) electrons. The van der Waals surface area contributed by atoms with Crippen LogP contribution in [0.3, 0.4) is 0 Å². The van der Waals surface area contributed by atoms with E-state index in [1.54, 1.807) is 12.1 Å². The van der Waals surface area contributed by atoms with Gasteiger partial charge in [0, 0.05) is 19.2 Å². The highest BCUT2D eigenvalue weighted by atomic mass is 79.9. The van der Waals surface area contributed by atoms with Crippen molar-refractivity contribution in [3.63, 3.8) is 0 Å². The van der Waals surface area contributed by atoms with E-state index >= 15 is 0 Å². The fraction of sp³-hybridized carbons (Fsp3) is 0.300. The van der Waals surface area contributed by atoms with E-state index in [1.807, 2.05) is 0 Å². The molecule has 0 saturated carbocycles. The van der Waals surface area contributed by atoms with Gasteiger partial charge in [-0.2, -0.15) is 0 Å². The Labute approximate surface area is 106 Å². The molecule has 1 unspecified atom stereocenters. The van der Waals surface area contributed by atoms with Gasteiger partial charge >= 0.3 is 5.97 Å². The monoisotopic (exact) mass is 302 g/mol. The van der Waals surface area contributed by atoms with E-state index in [1.165, 1.54) is 6.20 Å². The number of aliphatic hydroxyl groups excluding tert-OH is 1. The molecule has 0 spiro atoms. The average Bonchev–Trinajstić information content (AvgIpc) is 2.29. The van der Waals surface area contributed by atoms with Crippen LogP contribution in [0.1, 0.15) is 16.8 Å². The quantitative estimate of drug-likeness (QED) is 0.684. The largest absolute Gasteiger partial charge is 0.479 e. The van der Waals surface area contributed by atoms with Crippen LogP contribution >= 0.6 is 15.9 Å². The fourth-order valence-electron chi connectivity index (χ4n) is 1.10. The molecule has 6 nitrogen and oxygen atoms in total. The number of amides is 1. The van der Waals surface area contributed by atoms with Crippen molar-refractivity contribution in [1.82, 2.24) is 10.3 Å². The minimum atomic E-state index is -1.47. The SMILES string of the molecule is O=C(NCCC(O)C(=O)O)c1cccnc1Br. The Balaban J connectivity index is 2.46. The van der Waals surface area contributed by atoms with Gasteiger partial charge in [0.2, 0.25) is 0 Å².